The van der Waals surface area contributed by atoms with Crippen molar-refractivity contribution >= 4 is 23.4 Å². The fourth-order valence-electron chi connectivity index (χ4n) is 6.31. The van der Waals surface area contributed by atoms with Gasteiger partial charge in [-0.2, -0.15) is 0 Å². The van der Waals surface area contributed by atoms with Crippen molar-refractivity contribution in [1.82, 2.24) is 15.1 Å². The summed E-state index contributed by atoms with van der Waals surface area (Å²) in [6.07, 6.45) is 0.986. The zero-order valence-corrected chi connectivity index (χ0v) is 24.4. The van der Waals surface area contributed by atoms with E-state index in [1.54, 1.807) is 4.90 Å². The molecule has 6 rings (SSSR count). The van der Waals surface area contributed by atoms with Gasteiger partial charge in [-0.3, -0.25) is 14.4 Å². The quantitative estimate of drug-likeness (QED) is 0.317. The predicted molar refractivity (Wildman–Crippen MR) is 168 cm³/mol. The van der Waals surface area contributed by atoms with Crippen LogP contribution in [0.5, 0.6) is 0 Å². The molecule has 43 heavy (non-hydrogen) atoms. The Morgan fingerprint density at radius 1 is 0.767 bits per heavy atom. The van der Waals surface area contributed by atoms with Crippen LogP contribution in [0.3, 0.4) is 0 Å². The highest BCUT2D eigenvalue weighted by atomic mass is 16.2. The molecule has 0 radical (unpaired) electrons. The summed E-state index contributed by atoms with van der Waals surface area (Å²) in [5.41, 5.74) is 3.95. The molecular formula is C36H36N4O3. The van der Waals surface area contributed by atoms with Gasteiger partial charge in [0.25, 0.3) is 11.8 Å². The number of piperidine rings is 1. The molecule has 0 aromatic heterocycles. The molecule has 7 nitrogen and oxygen atoms in total. The number of likely N-dealkylation sites (tertiary alicyclic amines) is 1. The first kappa shape index (κ1) is 28.2. The van der Waals surface area contributed by atoms with Crippen LogP contribution in [0.4, 0.5) is 5.69 Å². The number of nitrogens with zero attached hydrogens (tertiary/aromatic N) is 3. The topological polar surface area (TPSA) is 73.0 Å². The standard InChI is InChI=1S/C36H36N4O3/c1-27(28-11-5-2-6-12-28)37-33(41)25-39-26-40(32-15-9-4-10-16-32)36(35(39)43)21-23-38(24-22-36)34(42)31-19-17-30(18-20-31)29-13-7-3-8-14-29/h2-20,27H,21-26H2,1H3,(H,37,41). The minimum absolute atomic E-state index is 0.0164. The van der Waals surface area contributed by atoms with E-state index in [2.05, 4.69) is 22.3 Å². The number of nitrogens with one attached hydrogen (secondary N) is 1. The Morgan fingerprint density at radius 2 is 1.33 bits per heavy atom. The Hall–Kier alpha value is -4.91. The van der Waals surface area contributed by atoms with Crippen molar-refractivity contribution in [2.24, 2.45) is 0 Å². The van der Waals surface area contributed by atoms with Gasteiger partial charge in [0.1, 0.15) is 12.1 Å². The average Bonchev–Trinajstić information content (AvgIpc) is 3.32. The maximum Gasteiger partial charge on any atom is 0.253 e. The zero-order valence-electron chi connectivity index (χ0n) is 24.4. The molecule has 4 aromatic rings. The lowest BCUT2D eigenvalue weighted by atomic mass is 9.85. The highest BCUT2D eigenvalue weighted by molar-refractivity contribution is 5.98. The molecule has 218 valence electrons. The summed E-state index contributed by atoms with van der Waals surface area (Å²) in [6.45, 7) is 3.17. The van der Waals surface area contributed by atoms with Crippen molar-refractivity contribution in [3.63, 3.8) is 0 Å². The van der Waals surface area contributed by atoms with E-state index in [1.807, 2.05) is 115 Å². The zero-order chi connectivity index (χ0) is 29.8. The van der Waals surface area contributed by atoms with Gasteiger partial charge in [-0.1, -0.05) is 91.0 Å². The molecule has 4 aromatic carbocycles. The van der Waals surface area contributed by atoms with Crippen LogP contribution < -0.4 is 10.2 Å². The Balaban J connectivity index is 1.15. The minimum atomic E-state index is -0.805. The van der Waals surface area contributed by atoms with E-state index < -0.39 is 5.54 Å². The molecule has 2 aliphatic heterocycles. The van der Waals surface area contributed by atoms with Crippen LogP contribution in [0, 0.1) is 0 Å². The number of rotatable bonds is 7. The van der Waals surface area contributed by atoms with Crippen LogP contribution in [-0.2, 0) is 9.59 Å². The van der Waals surface area contributed by atoms with E-state index in [-0.39, 0.29) is 30.3 Å². The van der Waals surface area contributed by atoms with E-state index in [0.717, 1.165) is 22.4 Å². The van der Waals surface area contributed by atoms with Gasteiger partial charge >= 0.3 is 0 Å². The van der Waals surface area contributed by atoms with E-state index >= 15 is 0 Å². The number of amides is 3. The van der Waals surface area contributed by atoms with Crippen LogP contribution >= 0.6 is 0 Å². The molecule has 3 amide bonds. The highest BCUT2D eigenvalue weighted by Crippen LogP contribution is 2.39. The monoisotopic (exact) mass is 572 g/mol. The number of para-hydroxylation sites is 1. The second-order valence-electron chi connectivity index (χ2n) is 11.4. The third-order valence-electron chi connectivity index (χ3n) is 8.71. The molecular weight excluding hydrogens is 536 g/mol. The van der Waals surface area contributed by atoms with Crippen LogP contribution in [-0.4, -0.2) is 59.4 Å². The Labute approximate surface area is 252 Å². The van der Waals surface area contributed by atoms with Gasteiger partial charge in [-0.15, -0.1) is 0 Å². The highest BCUT2D eigenvalue weighted by Gasteiger charge is 2.54. The van der Waals surface area contributed by atoms with Gasteiger partial charge in [0, 0.05) is 24.3 Å². The van der Waals surface area contributed by atoms with Gasteiger partial charge in [0.15, 0.2) is 0 Å². The molecule has 0 bridgehead atoms. The summed E-state index contributed by atoms with van der Waals surface area (Å²) in [5.74, 6) is -0.281. The maximum atomic E-state index is 14.1. The molecule has 0 aliphatic carbocycles. The largest absolute Gasteiger partial charge is 0.348 e. The lowest BCUT2D eigenvalue weighted by Gasteiger charge is -2.43. The van der Waals surface area contributed by atoms with Gasteiger partial charge < -0.3 is 20.0 Å². The van der Waals surface area contributed by atoms with Gasteiger partial charge in [0.05, 0.1) is 12.7 Å². The molecule has 0 saturated carbocycles. The number of anilines is 1. The molecule has 1 atom stereocenters. The fourth-order valence-corrected chi connectivity index (χ4v) is 6.31. The van der Waals surface area contributed by atoms with E-state index in [1.165, 1.54) is 0 Å². The molecule has 2 heterocycles. The van der Waals surface area contributed by atoms with Crippen LogP contribution in [0.1, 0.15) is 41.7 Å². The molecule has 2 saturated heterocycles. The van der Waals surface area contributed by atoms with E-state index in [9.17, 15) is 14.4 Å². The lowest BCUT2D eigenvalue weighted by Crippen LogP contribution is -2.57. The SMILES string of the molecule is CC(NC(=O)CN1CN(c2ccccc2)C2(CCN(C(=O)c3ccc(-c4ccccc4)cc3)CC2)C1=O)c1ccccc1. The van der Waals surface area contributed by atoms with Crippen LogP contribution in [0.25, 0.3) is 11.1 Å². The normalized spacial score (nSPS) is 16.8. The first-order valence-corrected chi connectivity index (χ1v) is 14.9. The van der Waals surface area contributed by atoms with Crippen LogP contribution in [0.15, 0.2) is 115 Å². The minimum Gasteiger partial charge on any atom is -0.348 e. The summed E-state index contributed by atoms with van der Waals surface area (Å²) >= 11 is 0. The van der Waals surface area contributed by atoms with Crippen molar-refractivity contribution in [2.75, 3.05) is 31.2 Å². The summed E-state index contributed by atoms with van der Waals surface area (Å²) in [5, 5.41) is 3.04. The summed E-state index contributed by atoms with van der Waals surface area (Å²) in [4.78, 5) is 46.3. The number of hydrogen-bond donors (Lipinski definition) is 1. The number of carbonyl (C=O) groups excluding carboxylic acids is 3. The van der Waals surface area contributed by atoms with Gasteiger partial charge in [-0.25, -0.2) is 0 Å². The van der Waals surface area contributed by atoms with Crippen molar-refractivity contribution < 1.29 is 14.4 Å². The molecule has 1 unspecified atom stereocenters. The molecule has 1 N–H and O–H groups in total. The van der Waals surface area contributed by atoms with E-state index in [0.29, 0.717) is 38.2 Å². The number of hydrogen-bond acceptors (Lipinski definition) is 4. The van der Waals surface area contributed by atoms with Crippen molar-refractivity contribution in [3.8, 4) is 11.1 Å². The lowest BCUT2D eigenvalue weighted by molar-refractivity contribution is -0.137. The maximum absolute atomic E-state index is 14.1. The number of carbonyl (C=O) groups is 3. The average molecular weight is 573 g/mol. The molecule has 1 spiro atoms. The predicted octanol–water partition coefficient (Wildman–Crippen LogP) is 5.51. The summed E-state index contributed by atoms with van der Waals surface area (Å²) in [7, 11) is 0. The van der Waals surface area contributed by atoms with Crippen molar-refractivity contribution in [1.29, 1.82) is 0 Å². The molecule has 7 heteroatoms. The molecule has 2 aliphatic rings. The number of benzene rings is 4. The Kier molecular flexibility index (Phi) is 7.97. The molecule has 2 fully saturated rings. The third kappa shape index (κ3) is 5.75. The third-order valence-corrected chi connectivity index (χ3v) is 8.71. The van der Waals surface area contributed by atoms with Gasteiger partial charge in [-0.05, 0) is 60.7 Å². The Bertz CT molecular complexity index is 1570. The van der Waals surface area contributed by atoms with E-state index in [4.69, 9.17) is 0 Å². The second kappa shape index (κ2) is 12.1. The van der Waals surface area contributed by atoms with Crippen LogP contribution in [0.2, 0.25) is 0 Å². The smallest absolute Gasteiger partial charge is 0.253 e. The summed E-state index contributed by atoms with van der Waals surface area (Å²) < 4.78 is 0. The van der Waals surface area contributed by atoms with Crippen molar-refractivity contribution in [2.45, 2.75) is 31.3 Å². The summed E-state index contributed by atoms with van der Waals surface area (Å²) in [6, 6.07) is 37.3. The fraction of sp³-hybridized carbons (Fsp3) is 0.250. The Morgan fingerprint density at radius 3 is 1.95 bits per heavy atom. The second-order valence-corrected chi connectivity index (χ2v) is 11.4. The first-order chi connectivity index (χ1) is 20.9. The first-order valence-electron chi connectivity index (χ1n) is 14.9. The van der Waals surface area contributed by atoms with Crippen molar-refractivity contribution in [3.05, 3.63) is 126 Å². The van der Waals surface area contributed by atoms with Gasteiger partial charge in [0.2, 0.25) is 5.91 Å².